The first-order chi connectivity index (χ1) is 13.0. The van der Waals surface area contributed by atoms with E-state index < -0.39 is 0 Å². The summed E-state index contributed by atoms with van der Waals surface area (Å²) in [6, 6.07) is 6.17. The van der Waals surface area contributed by atoms with E-state index in [0.29, 0.717) is 41.7 Å². The van der Waals surface area contributed by atoms with Gasteiger partial charge in [-0.1, -0.05) is 6.07 Å². The lowest BCUT2D eigenvalue weighted by Gasteiger charge is -2.17. The zero-order valence-electron chi connectivity index (χ0n) is 15.4. The number of nitrogens with one attached hydrogen (secondary N) is 1. The number of aryl methyl sites for hydroxylation is 1. The van der Waals surface area contributed by atoms with Crippen LogP contribution in [-0.2, 0) is 11.2 Å². The number of amides is 1. The van der Waals surface area contributed by atoms with E-state index in [1.165, 1.54) is 27.4 Å². The minimum Gasteiger partial charge on any atom is -0.502 e. The molecular weight excluding hydrogens is 350 g/mol. The van der Waals surface area contributed by atoms with Crippen LogP contribution in [0, 0.1) is 0 Å². The van der Waals surface area contributed by atoms with Crippen LogP contribution in [0.1, 0.15) is 23.6 Å². The molecule has 0 aliphatic heterocycles. The number of methoxy groups -OCH3 is 3. The summed E-state index contributed by atoms with van der Waals surface area (Å²) in [4.78, 5) is 23.6. The minimum atomic E-state index is -0.368. The molecule has 142 valence electrons. The molecule has 3 rings (SSSR count). The predicted octanol–water partition coefficient (Wildman–Crippen LogP) is 2.18. The van der Waals surface area contributed by atoms with E-state index in [1.807, 2.05) is 0 Å². The van der Waals surface area contributed by atoms with E-state index >= 15 is 0 Å². The fourth-order valence-electron chi connectivity index (χ4n) is 3.54. The molecule has 7 heteroatoms. The van der Waals surface area contributed by atoms with Crippen LogP contribution < -0.4 is 25.0 Å². The van der Waals surface area contributed by atoms with Crippen molar-refractivity contribution in [2.75, 3.05) is 21.3 Å². The number of phenols is 1. The summed E-state index contributed by atoms with van der Waals surface area (Å²) in [5.74, 6) is 0.629. The van der Waals surface area contributed by atoms with Gasteiger partial charge in [0.15, 0.2) is 17.2 Å². The van der Waals surface area contributed by atoms with Crippen molar-refractivity contribution >= 4 is 6.41 Å². The van der Waals surface area contributed by atoms with E-state index in [4.69, 9.17) is 14.2 Å². The van der Waals surface area contributed by atoms with Crippen LogP contribution >= 0.6 is 0 Å². The third-order valence-electron chi connectivity index (χ3n) is 4.80. The molecule has 0 saturated heterocycles. The van der Waals surface area contributed by atoms with Gasteiger partial charge in [0, 0.05) is 5.56 Å². The smallest absolute Gasteiger partial charge is 0.220 e. The van der Waals surface area contributed by atoms with Gasteiger partial charge in [0.2, 0.25) is 17.6 Å². The van der Waals surface area contributed by atoms with Crippen LogP contribution in [0.2, 0.25) is 0 Å². The number of rotatable bonds is 5. The summed E-state index contributed by atoms with van der Waals surface area (Å²) >= 11 is 0. The second-order valence-electron chi connectivity index (χ2n) is 6.15. The molecule has 0 saturated carbocycles. The molecule has 0 bridgehead atoms. The van der Waals surface area contributed by atoms with E-state index in [9.17, 15) is 14.7 Å². The molecule has 1 amide bonds. The third-order valence-corrected chi connectivity index (χ3v) is 4.80. The van der Waals surface area contributed by atoms with Gasteiger partial charge in [0.25, 0.3) is 0 Å². The lowest BCUT2D eigenvalue weighted by atomic mass is 9.95. The first-order valence-corrected chi connectivity index (χ1v) is 8.44. The number of aromatic hydroxyl groups is 1. The third kappa shape index (κ3) is 3.16. The average molecular weight is 371 g/mol. The predicted molar refractivity (Wildman–Crippen MR) is 99.7 cm³/mol. The fourth-order valence-corrected chi connectivity index (χ4v) is 3.54. The maximum atomic E-state index is 12.5. The Bertz CT molecular complexity index is 941. The van der Waals surface area contributed by atoms with Crippen LogP contribution in [0.25, 0.3) is 11.1 Å². The van der Waals surface area contributed by atoms with Crippen molar-refractivity contribution < 1.29 is 24.1 Å². The van der Waals surface area contributed by atoms with Crippen LogP contribution in [0.15, 0.2) is 29.1 Å². The number of carbonyl (C=O) groups excluding carboxylic acids is 1. The van der Waals surface area contributed by atoms with Crippen LogP contribution in [0.4, 0.5) is 0 Å². The average Bonchev–Trinajstić information content (AvgIpc) is 2.91. The Morgan fingerprint density at radius 2 is 1.85 bits per heavy atom. The molecule has 27 heavy (non-hydrogen) atoms. The molecule has 1 unspecified atom stereocenters. The number of carbonyl (C=O) groups is 1. The summed E-state index contributed by atoms with van der Waals surface area (Å²) in [6.07, 6.45) is 1.79. The lowest BCUT2D eigenvalue weighted by Crippen LogP contribution is -2.20. The molecule has 2 aromatic rings. The van der Waals surface area contributed by atoms with Gasteiger partial charge >= 0.3 is 0 Å². The highest BCUT2D eigenvalue weighted by molar-refractivity contribution is 5.82. The normalized spacial score (nSPS) is 15.0. The number of benzene rings is 1. The number of fused-ring (bicyclic) bond motifs is 3. The van der Waals surface area contributed by atoms with Crippen molar-refractivity contribution in [3.05, 3.63) is 45.6 Å². The van der Waals surface area contributed by atoms with E-state index in [2.05, 4.69) is 5.32 Å². The Morgan fingerprint density at radius 1 is 1.11 bits per heavy atom. The van der Waals surface area contributed by atoms with Gasteiger partial charge in [0.1, 0.15) is 0 Å². The van der Waals surface area contributed by atoms with Crippen molar-refractivity contribution in [3.8, 4) is 34.1 Å². The van der Waals surface area contributed by atoms with Crippen LogP contribution in [-0.4, -0.2) is 32.8 Å². The zero-order valence-corrected chi connectivity index (χ0v) is 15.4. The van der Waals surface area contributed by atoms with Crippen LogP contribution in [0.5, 0.6) is 23.0 Å². The molecule has 1 aliphatic carbocycles. The van der Waals surface area contributed by atoms with Gasteiger partial charge in [-0.15, -0.1) is 0 Å². The van der Waals surface area contributed by atoms with Crippen LogP contribution in [0.3, 0.4) is 0 Å². The Morgan fingerprint density at radius 3 is 2.48 bits per heavy atom. The SMILES string of the molecule is COc1cc2c(c(OC)c1O)-c1ccc(OC)c(=O)cc1C(NC=O)CC2. The second-order valence-corrected chi connectivity index (χ2v) is 6.15. The van der Waals surface area contributed by atoms with E-state index in [1.54, 1.807) is 18.2 Å². The first kappa shape index (κ1) is 18.6. The molecular formula is C20H21NO6. The molecule has 2 aromatic carbocycles. The molecule has 0 aromatic heterocycles. The van der Waals surface area contributed by atoms with Crippen molar-refractivity contribution in [2.24, 2.45) is 0 Å². The fraction of sp³-hybridized carbons (Fsp3) is 0.300. The monoisotopic (exact) mass is 371 g/mol. The van der Waals surface area contributed by atoms with Gasteiger partial charge in [-0.3, -0.25) is 9.59 Å². The lowest BCUT2D eigenvalue weighted by molar-refractivity contribution is -0.110. The van der Waals surface area contributed by atoms with Gasteiger partial charge in [-0.2, -0.15) is 0 Å². The highest BCUT2D eigenvalue weighted by Crippen LogP contribution is 2.49. The second kappa shape index (κ2) is 7.57. The Hall–Kier alpha value is -3.22. The van der Waals surface area contributed by atoms with Crippen molar-refractivity contribution in [1.82, 2.24) is 5.32 Å². The number of hydrogen-bond acceptors (Lipinski definition) is 6. The van der Waals surface area contributed by atoms with Gasteiger partial charge in [0.05, 0.1) is 27.4 Å². The van der Waals surface area contributed by atoms with Gasteiger partial charge in [-0.25, -0.2) is 0 Å². The Kier molecular flexibility index (Phi) is 5.21. The Labute approximate surface area is 156 Å². The first-order valence-electron chi connectivity index (χ1n) is 8.44. The van der Waals surface area contributed by atoms with Crippen molar-refractivity contribution in [2.45, 2.75) is 18.9 Å². The molecule has 1 atom stereocenters. The van der Waals surface area contributed by atoms with Crippen molar-refractivity contribution in [1.29, 1.82) is 0 Å². The number of hydrogen-bond donors (Lipinski definition) is 2. The van der Waals surface area contributed by atoms with E-state index in [-0.39, 0.29) is 28.7 Å². The molecule has 7 nitrogen and oxygen atoms in total. The van der Waals surface area contributed by atoms with E-state index in [0.717, 1.165) is 5.56 Å². The summed E-state index contributed by atoms with van der Waals surface area (Å²) in [5, 5.41) is 13.3. The molecule has 0 radical (unpaired) electrons. The van der Waals surface area contributed by atoms with Crippen molar-refractivity contribution in [3.63, 3.8) is 0 Å². The van der Waals surface area contributed by atoms with Gasteiger partial charge in [-0.05, 0) is 47.7 Å². The molecule has 0 fully saturated rings. The molecule has 0 spiro atoms. The zero-order chi connectivity index (χ0) is 19.6. The maximum absolute atomic E-state index is 12.5. The molecule has 1 aliphatic rings. The largest absolute Gasteiger partial charge is 0.502 e. The summed E-state index contributed by atoms with van der Waals surface area (Å²) < 4.78 is 15.9. The quantitative estimate of drug-likeness (QED) is 0.783. The molecule has 2 N–H and O–H groups in total. The topological polar surface area (TPSA) is 94.1 Å². The van der Waals surface area contributed by atoms with Gasteiger partial charge < -0.3 is 24.6 Å². The summed E-state index contributed by atoms with van der Waals surface area (Å²) in [5.41, 5.74) is 2.57. The highest BCUT2D eigenvalue weighted by atomic mass is 16.5. The highest BCUT2D eigenvalue weighted by Gasteiger charge is 2.28. The Balaban J connectivity index is 2.41. The standard InChI is InChI=1S/C20H21NO6/c1-25-16-7-5-12-13(9-15(16)23)14(21-10-22)6-4-11-8-17(26-2)19(24)20(27-3)18(11)12/h5,7-10,14,24H,4,6H2,1-3H3,(H,21,22). The minimum absolute atomic E-state index is 0.118. The number of phenolic OH excluding ortho intramolecular Hbond substituents is 1. The molecule has 0 heterocycles. The maximum Gasteiger partial charge on any atom is 0.220 e. The summed E-state index contributed by atoms with van der Waals surface area (Å²) in [7, 11) is 4.36. The number of ether oxygens (including phenoxy) is 3. The summed E-state index contributed by atoms with van der Waals surface area (Å²) in [6.45, 7) is 0.